The van der Waals surface area contributed by atoms with E-state index in [4.69, 9.17) is 4.74 Å². The van der Waals surface area contributed by atoms with Gasteiger partial charge in [0.25, 0.3) is 0 Å². The van der Waals surface area contributed by atoms with Crippen LogP contribution in [0.5, 0.6) is 0 Å². The molecule has 2 rings (SSSR count). The number of rotatable bonds is 6. The third-order valence-electron chi connectivity index (χ3n) is 5.82. The van der Waals surface area contributed by atoms with E-state index in [0.29, 0.717) is 6.10 Å². The lowest BCUT2D eigenvalue weighted by molar-refractivity contribution is -0.132. The highest BCUT2D eigenvalue weighted by Gasteiger charge is 2.38. The molecular weight excluding hydrogens is 246 g/mol. The van der Waals surface area contributed by atoms with Gasteiger partial charge in [-0.25, -0.2) is 0 Å². The van der Waals surface area contributed by atoms with Crippen molar-refractivity contribution >= 4 is 0 Å². The zero-order chi connectivity index (χ0) is 14.4. The van der Waals surface area contributed by atoms with Gasteiger partial charge in [0, 0.05) is 6.54 Å². The van der Waals surface area contributed by atoms with E-state index >= 15 is 0 Å². The first-order valence-electron chi connectivity index (χ1n) is 9.03. The number of hydrogen-bond donors (Lipinski definition) is 1. The van der Waals surface area contributed by atoms with Crippen molar-refractivity contribution in [1.82, 2.24) is 5.32 Å². The van der Waals surface area contributed by atoms with Crippen LogP contribution >= 0.6 is 0 Å². The zero-order valence-electron chi connectivity index (χ0n) is 13.9. The molecule has 0 saturated heterocycles. The Balaban J connectivity index is 1.91. The lowest BCUT2D eigenvalue weighted by Gasteiger charge is -2.44. The van der Waals surface area contributed by atoms with Crippen LogP contribution in [0.2, 0.25) is 0 Å². The molecule has 0 spiro atoms. The quantitative estimate of drug-likeness (QED) is 0.772. The molecule has 2 unspecified atom stereocenters. The van der Waals surface area contributed by atoms with Crippen LogP contribution in [-0.4, -0.2) is 25.3 Å². The van der Waals surface area contributed by atoms with Crippen molar-refractivity contribution in [3.05, 3.63) is 0 Å². The van der Waals surface area contributed by atoms with Crippen molar-refractivity contribution in [3.63, 3.8) is 0 Å². The van der Waals surface area contributed by atoms with E-state index in [1.807, 2.05) is 0 Å². The third-order valence-corrected chi connectivity index (χ3v) is 5.82. The Labute approximate surface area is 126 Å². The van der Waals surface area contributed by atoms with Crippen LogP contribution in [-0.2, 0) is 4.74 Å². The molecule has 0 radical (unpaired) electrons. The summed E-state index contributed by atoms with van der Waals surface area (Å²) in [6.45, 7) is 5.71. The van der Waals surface area contributed by atoms with Crippen molar-refractivity contribution in [2.45, 2.75) is 89.8 Å². The van der Waals surface area contributed by atoms with E-state index < -0.39 is 0 Å². The lowest BCUT2D eigenvalue weighted by Crippen LogP contribution is -2.48. The first-order valence-corrected chi connectivity index (χ1v) is 9.03. The van der Waals surface area contributed by atoms with Gasteiger partial charge in [0.15, 0.2) is 0 Å². The topological polar surface area (TPSA) is 21.3 Å². The summed E-state index contributed by atoms with van der Waals surface area (Å²) in [5, 5.41) is 3.40. The minimum Gasteiger partial charge on any atom is -0.370 e. The molecule has 1 N–H and O–H groups in total. The van der Waals surface area contributed by atoms with Gasteiger partial charge in [-0.15, -0.1) is 0 Å². The average Bonchev–Trinajstić information content (AvgIpc) is 2.48. The maximum atomic E-state index is 6.72. The van der Waals surface area contributed by atoms with Gasteiger partial charge in [0.1, 0.15) is 0 Å². The Morgan fingerprint density at radius 2 is 1.70 bits per heavy atom. The highest BCUT2D eigenvalue weighted by molar-refractivity contribution is 4.90. The van der Waals surface area contributed by atoms with Crippen molar-refractivity contribution in [3.8, 4) is 0 Å². The van der Waals surface area contributed by atoms with Crippen molar-refractivity contribution in [1.29, 1.82) is 0 Å². The summed E-state index contributed by atoms with van der Waals surface area (Å²) >= 11 is 0. The summed E-state index contributed by atoms with van der Waals surface area (Å²) in [6, 6.07) is 0. The number of ether oxygens (including phenoxy) is 1. The normalized spacial score (nSPS) is 38.9. The standard InChI is InChI=1S/C18H35NO/c1-4-15-9-11-18(12-10-15,14-19-3)20-17-8-6-7-16(5-2)13-17/h15-17,19H,4-14H2,1-3H3. The minimum atomic E-state index is 0.140. The summed E-state index contributed by atoms with van der Waals surface area (Å²) in [5.41, 5.74) is 0.140. The van der Waals surface area contributed by atoms with Gasteiger partial charge in [0.05, 0.1) is 11.7 Å². The van der Waals surface area contributed by atoms with Crippen molar-refractivity contribution in [2.24, 2.45) is 11.8 Å². The molecule has 0 amide bonds. The van der Waals surface area contributed by atoms with E-state index in [1.54, 1.807) is 0 Å². The summed E-state index contributed by atoms with van der Waals surface area (Å²) in [7, 11) is 2.08. The van der Waals surface area contributed by atoms with Gasteiger partial charge in [-0.1, -0.05) is 39.5 Å². The van der Waals surface area contributed by atoms with Crippen molar-refractivity contribution < 1.29 is 4.74 Å². The SMILES string of the molecule is CCC1CCC(CNC)(OC2CCCC(CC)C2)CC1. The zero-order valence-corrected chi connectivity index (χ0v) is 13.9. The fourth-order valence-electron chi connectivity index (χ4n) is 4.34. The summed E-state index contributed by atoms with van der Waals surface area (Å²) < 4.78 is 6.72. The van der Waals surface area contributed by atoms with Gasteiger partial charge < -0.3 is 10.1 Å². The average molecular weight is 281 g/mol. The highest BCUT2D eigenvalue weighted by Crippen LogP contribution is 2.39. The largest absolute Gasteiger partial charge is 0.370 e. The van der Waals surface area contributed by atoms with E-state index in [9.17, 15) is 0 Å². The Hall–Kier alpha value is -0.0800. The molecule has 0 aromatic carbocycles. The summed E-state index contributed by atoms with van der Waals surface area (Å²) in [4.78, 5) is 0. The molecule has 2 nitrogen and oxygen atoms in total. The second-order valence-corrected chi connectivity index (χ2v) is 7.25. The Bertz CT molecular complexity index is 271. The van der Waals surface area contributed by atoms with E-state index in [2.05, 4.69) is 26.2 Å². The smallest absolute Gasteiger partial charge is 0.0810 e. The molecule has 2 saturated carbocycles. The van der Waals surface area contributed by atoms with E-state index in [-0.39, 0.29) is 5.60 Å². The van der Waals surface area contributed by atoms with Crippen LogP contribution in [0, 0.1) is 11.8 Å². The van der Waals surface area contributed by atoms with Crippen LogP contribution in [0.4, 0.5) is 0 Å². The maximum absolute atomic E-state index is 6.72. The Morgan fingerprint density at radius 1 is 1.00 bits per heavy atom. The van der Waals surface area contributed by atoms with Crippen molar-refractivity contribution in [2.75, 3.05) is 13.6 Å². The number of nitrogens with one attached hydrogen (secondary N) is 1. The fraction of sp³-hybridized carbons (Fsp3) is 1.00. The molecule has 0 aromatic heterocycles. The second-order valence-electron chi connectivity index (χ2n) is 7.25. The molecule has 0 aromatic rings. The lowest BCUT2D eigenvalue weighted by atomic mass is 9.77. The number of likely N-dealkylation sites (N-methyl/N-ethyl adjacent to an activating group) is 1. The van der Waals surface area contributed by atoms with Gasteiger partial charge in [-0.05, 0) is 57.4 Å². The summed E-state index contributed by atoms with van der Waals surface area (Å²) in [6.07, 6.45) is 13.8. The molecule has 118 valence electrons. The monoisotopic (exact) mass is 281 g/mol. The summed E-state index contributed by atoms with van der Waals surface area (Å²) in [5.74, 6) is 1.85. The highest BCUT2D eigenvalue weighted by atomic mass is 16.5. The second kappa shape index (κ2) is 7.79. The third kappa shape index (κ3) is 4.21. The maximum Gasteiger partial charge on any atom is 0.0810 e. The predicted octanol–water partition coefficient (Wildman–Crippen LogP) is 4.53. The molecule has 0 aliphatic heterocycles. The molecule has 20 heavy (non-hydrogen) atoms. The first-order chi connectivity index (χ1) is 9.71. The predicted molar refractivity (Wildman–Crippen MR) is 86.0 cm³/mol. The van der Waals surface area contributed by atoms with E-state index in [1.165, 1.54) is 64.2 Å². The molecule has 2 fully saturated rings. The molecule has 0 heterocycles. The molecule has 2 heteroatoms. The first kappa shape index (κ1) is 16.3. The Morgan fingerprint density at radius 3 is 2.30 bits per heavy atom. The van der Waals surface area contributed by atoms with Gasteiger partial charge in [-0.3, -0.25) is 0 Å². The van der Waals surface area contributed by atoms with Crippen LogP contribution < -0.4 is 5.32 Å². The molecular formula is C18H35NO. The van der Waals surface area contributed by atoms with E-state index in [0.717, 1.165) is 18.4 Å². The van der Waals surface area contributed by atoms with Crippen LogP contribution in [0.25, 0.3) is 0 Å². The Kier molecular flexibility index (Phi) is 6.35. The molecule has 2 aliphatic rings. The minimum absolute atomic E-state index is 0.140. The van der Waals surface area contributed by atoms with Gasteiger partial charge in [0.2, 0.25) is 0 Å². The number of hydrogen-bond acceptors (Lipinski definition) is 2. The molecule has 2 atom stereocenters. The molecule has 2 aliphatic carbocycles. The van der Waals surface area contributed by atoms with Gasteiger partial charge >= 0.3 is 0 Å². The van der Waals surface area contributed by atoms with Gasteiger partial charge in [-0.2, -0.15) is 0 Å². The van der Waals surface area contributed by atoms with Crippen LogP contribution in [0.3, 0.4) is 0 Å². The fourth-order valence-corrected chi connectivity index (χ4v) is 4.34. The van der Waals surface area contributed by atoms with Crippen LogP contribution in [0.15, 0.2) is 0 Å². The molecule has 0 bridgehead atoms. The van der Waals surface area contributed by atoms with Crippen LogP contribution in [0.1, 0.15) is 78.1 Å².